The number of rotatable bonds is 10. The van der Waals surface area contributed by atoms with E-state index < -0.39 is 10.0 Å². The number of nitrogens with one attached hydrogen (secondary N) is 1. The van der Waals surface area contributed by atoms with Crippen molar-refractivity contribution in [1.82, 2.24) is 9.62 Å². The van der Waals surface area contributed by atoms with E-state index in [9.17, 15) is 13.2 Å². The Labute approximate surface area is 111 Å². The highest BCUT2D eigenvalue weighted by molar-refractivity contribution is 7.88. The molecule has 0 aliphatic rings. The van der Waals surface area contributed by atoms with Gasteiger partial charge in [0.25, 0.3) is 0 Å². The summed E-state index contributed by atoms with van der Waals surface area (Å²) in [5, 5.41) is 2.75. The van der Waals surface area contributed by atoms with Gasteiger partial charge in [0, 0.05) is 13.1 Å². The van der Waals surface area contributed by atoms with Crippen LogP contribution in [0.1, 0.15) is 46.0 Å². The monoisotopic (exact) mass is 278 g/mol. The third-order valence-corrected chi connectivity index (χ3v) is 3.90. The molecule has 108 valence electrons. The highest BCUT2D eigenvalue weighted by atomic mass is 32.2. The van der Waals surface area contributed by atoms with Gasteiger partial charge in [-0.2, -0.15) is 4.31 Å². The molecule has 0 radical (unpaired) electrons. The van der Waals surface area contributed by atoms with Gasteiger partial charge in [0.05, 0.1) is 12.8 Å². The smallest absolute Gasteiger partial charge is 0.235 e. The van der Waals surface area contributed by atoms with Crippen molar-refractivity contribution in [2.45, 2.75) is 46.0 Å². The van der Waals surface area contributed by atoms with Crippen LogP contribution in [0.25, 0.3) is 0 Å². The predicted octanol–water partition coefficient (Wildman–Crippen LogP) is 1.35. The Morgan fingerprint density at radius 3 is 2.22 bits per heavy atom. The molecule has 0 heterocycles. The van der Waals surface area contributed by atoms with E-state index in [1.807, 2.05) is 6.92 Å². The lowest BCUT2D eigenvalue weighted by atomic mass is 10.2. The molecule has 0 aliphatic heterocycles. The molecule has 0 aromatic rings. The van der Waals surface area contributed by atoms with Crippen LogP contribution in [0.4, 0.5) is 0 Å². The fourth-order valence-corrected chi connectivity index (χ4v) is 2.33. The van der Waals surface area contributed by atoms with Gasteiger partial charge in [0.2, 0.25) is 15.9 Å². The first-order chi connectivity index (χ1) is 8.41. The third kappa shape index (κ3) is 8.47. The van der Waals surface area contributed by atoms with Crippen LogP contribution >= 0.6 is 0 Å². The zero-order valence-corrected chi connectivity index (χ0v) is 12.6. The van der Waals surface area contributed by atoms with Crippen molar-refractivity contribution >= 4 is 15.9 Å². The van der Waals surface area contributed by atoms with Gasteiger partial charge in [0.15, 0.2) is 0 Å². The maximum absolute atomic E-state index is 11.6. The van der Waals surface area contributed by atoms with Gasteiger partial charge in [0.1, 0.15) is 0 Å². The Morgan fingerprint density at radius 2 is 1.72 bits per heavy atom. The quantitative estimate of drug-likeness (QED) is 0.613. The van der Waals surface area contributed by atoms with Gasteiger partial charge in [-0.1, -0.05) is 33.1 Å². The summed E-state index contributed by atoms with van der Waals surface area (Å²) in [7, 11) is -3.29. The van der Waals surface area contributed by atoms with Gasteiger partial charge in [-0.05, 0) is 12.8 Å². The second kappa shape index (κ2) is 9.33. The SMILES string of the molecule is CCCCCNC(=O)CN(CCCC)S(C)(=O)=O. The molecule has 0 unspecified atom stereocenters. The van der Waals surface area contributed by atoms with Crippen molar-refractivity contribution in [3.8, 4) is 0 Å². The van der Waals surface area contributed by atoms with Gasteiger partial charge < -0.3 is 5.32 Å². The number of carbonyl (C=O) groups excluding carboxylic acids is 1. The largest absolute Gasteiger partial charge is 0.355 e. The Hall–Kier alpha value is -0.620. The number of amides is 1. The molecule has 0 rings (SSSR count). The van der Waals surface area contributed by atoms with Crippen LogP contribution in [-0.2, 0) is 14.8 Å². The van der Waals surface area contributed by atoms with E-state index in [1.54, 1.807) is 0 Å². The molecule has 0 spiro atoms. The maximum atomic E-state index is 11.6. The van der Waals surface area contributed by atoms with Crippen molar-refractivity contribution in [2.24, 2.45) is 0 Å². The summed E-state index contributed by atoms with van der Waals surface area (Å²) in [4.78, 5) is 11.6. The fraction of sp³-hybridized carbons (Fsp3) is 0.917. The summed E-state index contributed by atoms with van der Waals surface area (Å²) in [5.41, 5.74) is 0. The first-order valence-electron chi connectivity index (χ1n) is 6.63. The highest BCUT2D eigenvalue weighted by Crippen LogP contribution is 2.01. The van der Waals surface area contributed by atoms with Crippen LogP contribution in [-0.4, -0.2) is 44.5 Å². The molecule has 6 heteroatoms. The Morgan fingerprint density at radius 1 is 1.11 bits per heavy atom. The number of carbonyl (C=O) groups is 1. The van der Waals surface area contributed by atoms with E-state index in [0.29, 0.717) is 13.1 Å². The second-order valence-corrected chi connectivity index (χ2v) is 6.49. The summed E-state index contributed by atoms with van der Waals surface area (Å²) in [6.45, 7) is 5.06. The summed E-state index contributed by atoms with van der Waals surface area (Å²) in [6.07, 6.45) is 5.94. The van der Waals surface area contributed by atoms with Crippen LogP contribution in [0.15, 0.2) is 0 Å². The Kier molecular flexibility index (Phi) is 9.01. The molecular formula is C12H26N2O3S. The van der Waals surface area contributed by atoms with Gasteiger partial charge in [-0.25, -0.2) is 8.42 Å². The van der Waals surface area contributed by atoms with E-state index in [1.165, 1.54) is 4.31 Å². The molecular weight excluding hydrogens is 252 g/mol. The average molecular weight is 278 g/mol. The predicted molar refractivity (Wildman–Crippen MR) is 73.9 cm³/mol. The van der Waals surface area contributed by atoms with Crippen molar-refractivity contribution < 1.29 is 13.2 Å². The van der Waals surface area contributed by atoms with Crippen LogP contribution < -0.4 is 5.32 Å². The Balaban J connectivity index is 4.11. The zero-order chi connectivity index (χ0) is 14.0. The van der Waals surface area contributed by atoms with E-state index in [4.69, 9.17) is 0 Å². The molecule has 0 aliphatic carbocycles. The molecule has 0 atom stereocenters. The number of nitrogens with zero attached hydrogens (tertiary/aromatic N) is 1. The molecule has 5 nitrogen and oxygen atoms in total. The van der Waals surface area contributed by atoms with E-state index in [0.717, 1.165) is 38.4 Å². The molecule has 0 saturated carbocycles. The summed E-state index contributed by atoms with van der Waals surface area (Å²) < 4.78 is 24.2. The molecule has 1 amide bonds. The molecule has 0 aromatic heterocycles. The maximum Gasteiger partial charge on any atom is 0.235 e. The fourth-order valence-electron chi connectivity index (χ4n) is 1.52. The molecule has 0 fully saturated rings. The van der Waals surface area contributed by atoms with E-state index in [-0.39, 0.29) is 12.5 Å². The molecule has 0 aromatic carbocycles. The van der Waals surface area contributed by atoms with Gasteiger partial charge in [-0.3, -0.25) is 4.79 Å². The molecule has 0 saturated heterocycles. The van der Waals surface area contributed by atoms with Crippen molar-refractivity contribution in [1.29, 1.82) is 0 Å². The average Bonchev–Trinajstić information content (AvgIpc) is 2.28. The number of hydrogen-bond acceptors (Lipinski definition) is 3. The normalized spacial score (nSPS) is 11.8. The standard InChI is InChI=1S/C12H26N2O3S/c1-4-6-8-9-13-12(15)11-14(10-7-5-2)18(3,16)17/h4-11H2,1-3H3,(H,13,15). The molecule has 0 bridgehead atoms. The Bertz CT molecular complexity index is 328. The summed E-state index contributed by atoms with van der Waals surface area (Å²) in [6, 6.07) is 0. The minimum absolute atomic E-state index is 0.0645. The van der Waals surface area contributed by atoms with E-state index >= 15 is 0 Å². The first kappa shape index (κ1) is 17.4. The van der Waals surface area contributed by atoms with Crippen LogP contribution in [0.2, 0.25) is 0 Å². The van der Waals surface area contributed by atoms with Gasteiger partial charge in [-0.15, -0.1) is 0 Å². The zero-order valence-electron chi connectivity index (χ0n) is 11.7. The molecule has 18 heavy (non-hydrogen) atoms. The minimum atomic E-state index is -3.29. The third-order valence-electron chi connectivity index (χ3n) is 2.65. The minimum Gasteiger partial charge on any atom is -0.355 e. The highest BCUT2D eigenvalue weighted by Gasteiger charge is 2.18. The number of sulfonamides is 1. The summed E-state index contributed by atoms with van der Waals surface area (Å²) >= 11 is 0. The lowest BCUT2D eigenvalue weighted by molar-refractivity contribution is -0.121. The number of hydrogen-bond donors (Lipinski definition) is 1. The van der Waals surface area contributed by atoms with Crippen molar-refractivity contribution in [3.63, 3.8) is 0 Å². The van der Waals surface area contributed by atoms with Gasteiger partial charge >= 0.3 is 0 Å². The first-order valence-corrected chi connectivity index (χ1v) is 8.48. The lowest BCUT2D eigenvalue weighted by Crippen LogP contribution is -2.40. The van der Waals surface area contributed by atoms with E-state index in [2.05, 4.69) is 12.2 Å². The van der Waals surface area contributed by atoms with Crippen LogP contribution in [0.5, 0.6) is 0 Å². The second-order valence-electron chi connectivity index (χ2n) is 4.51. The van der Waals surface area contributed by atoms with Crippen molar-refractivity contribution in [3.05, 3.63) is 0 Å². The van der Waals surface area contributed by atoms with Crippen LogP contribution in [0.3, 0.4) is 0 Å². The lowest BCUT2D eigenvalue weighted by Gasteiger charge is -2.19. The topological polar surface area (TPSA) is 66.5 Å². The van der Waals surface area contributed by atoms with Crippen LogP contribution in [0, 0.1) is 0 Å². The number of unbranched alkanes of at least 4 members (excludes halogenated alkanes) is 3. The van der Waals surface area contributed by atoms with Crippen molar-refractivity contribution in [2.75, 3.05) is 25.9 Å². The summed E-state index contributed by atoms with van der Waals surface area (Å²) in [5.74, 6) is -0.215. The molecule has 1 N–H and O–H groups in total.